The number of anilines is 1. The Morgan fingerprint density at radius 2 is 2.10 bits per heavy atom. The summed E-state index contributed by atoms with van der Waals surface area (Å²) in [5, 5.41) is 10.5. The largest absolute Gasteiger partial charge is 0.367 e. The maximum Gasteiger partial charge on any atom is 0.169 e. The zero-order valence-corrected chi connectivity index (χ0v) is 13.6. The molecule has 2 N–H and O–H groups in total. The number of halogens is 1. The first-order valence-electron chi connectivity index (χ1n) is 7.09. The van der Waals surface area contributed by atoms with Crippen LogP contribution in [-0.2, 0) is 13.0 Å². The molecule has 2 heterocycles. The highest BCUT2D eigenvalue weighted by Gasteiger charge is 2.13. The van der Waals surface area contributed by atoms with Crippen molar-refractivity contribution in [1.29, 1.82) is 0 Å². The number of nitrogens with zero attached hydrogens (tertiary/aromatic N) is 1. The first-order chi connectivity index (χ1) is 9.96. The Labute approximate surface area is 129 Å². The summed E-state index contributed by atoms with van der Waals surface area (Å²) in [5.41, 5.74) is 1.86. The van der Waals surface area contributed by atoms with Gasteiger partial charge in [-0.1, -0.05) is 0 Å². The van der Waals surface area contributed by atoms with Crippen LogP contribution in [0.1, 0.15) is 31.9 Å². The van der Waals surface area contributed by atoms with Crippen molar-refractivity contribution in [3.05, 3.63) is 46.0 Å². The number of hydrogen-bond acceptors (Lipinski definition) is 4. The van der Waals surface area contributed by atoms with Gasteiger partial charge in [-0.05, 0) is 55.6 Å². The summed E-state index contributed by atoms with van der Waals surface area (Å²) in [5.74, 6) is 0.0676. The van der Waals surface area contributed by atoms with Crippen LogP contribution in [-0.4, -0.2) is 17.1 Å². The lowest BCUT2D eigenvalue weighted by atomic mass is 10.1. The van der Waals surface area contributed by atoms with Crippen molar-refractivity contribution in [2.24, 2.45) is 0 Å². The molecule has 21 heavy (non-hydrogen) atoms. The van der Waals surface area contributed by atoms with Gasteiger partial charge in [0.1, 0.15) is 0 Å². The fraction of sp³-hybridized carbons (Fsp3) is 0.438. The van der Waals surface area contributed by atoms with Gasteiger partial charge in [0.05, 0.1) is 0 Å². The van der Waals surface area contributed by atoms with Gasteiger partial charge in [0.25, 0.3) is 0 Å². The number of rotatable bonds is 6. The molecule has 0 atom stereocenters. The fourth-order valence-corrected chi connectivity index (χ4v) is 2.57. The molecule has 2 aromatic rings. The van der Waals surface area contributed by atoms with Crippen LogP contribution in [0.25, 0.3) is 0 Å². The smallest absolute Gasteiger partial charge is 0.169 e. The lowest BCUT2D eigenvalue weighted by Gasteiger charge is -2.21. The normalized spacial score (nSPS) is 11.6. The second-order valence-corrected chi connectivity index (χ2v) is 6.82. The molecule has 0 radical (unpaired) electrons. The number of hydrogen-bond donors (Lipinski definition) is 2. The third kappa shape index (κ3) is 5.10. The van der Waals surface area contributed by atoms with E-state index in [1.54, 1.807) is 23.6 Å². The zero-order valence-electron chi connectivity index (χ0n) is 12.7. The Hall–Kier alpha value is -1.46. The van der Waals surface area contributed by atoms with Gasteiger partial charge in [-0.2, -0.15) is 11.3 Å². The summed E-state index contributed by atoms with van der Waals surface area (Å²) in [4.78, 5) is 4.09. The molecule has 0 fully saturated rings. The Morgan fingerprint density at radius 1 is 1.29 bits per heavy atom. The minimum absolute atomic E-state index is 0.0394. The molecular weight excluding hydrogens is 285 g/mol. The lowest BCUT2D eigenvalue weighted by molar-refractivity contribution is 0.418. The molecule has 2 aromatic heterocycles. The first-order valence-corrected chi connectivity index (χ1v) is 8.03. The Morgan fingerprint density at radius 3 is 2.76 bits per heavy atom. The molecule has 0 aliphatic heterocycles. The topological polar surface area (TPSA) is 37.0 Å². The number of thiophene rings is 1. The first kappa shape index (κ1) is 15.9. The third-order valence-corrected chi connectivity index (χ3v) is 3.80. The van der Waals surface area contributed by atoms with Gasteiger partial charge >= 0.3 is 0 Å². The number of aromatic nitrogens is 1. The standard InChI is InChI=1S/C16H22FN3S/c1-16(2,3)20-10-13-5-8-19-15(14(13)17)18-7-4-12-6-9-21-11-12/h5-6,8-9,11,20H,4,7,10H2,1-3H3,(H,18,19). The SMILES string of the molecule is CC(C)(C)NCc1ccnc(NCCc2ccsc2)c1F. The maximum absolute atomic E-state index is 14.4. The molecule has 0 saturated carbocycles. The van der Waals surface area contributed by atoms with E-state index in [1.807, 2.05) is 5.38 Å². The third-order valence-electron chi connectivity index (χ3n) is 3.06. The number of pyridine rings is 1. The van der Waals surface area contributed by atoms with Crippen molar-refractivity contribution in [1.82, 2.24) is 10.3 Å². The van der Waals surface area contributed by atoms with Gasteiger partial charge in [-0.3, -0.25) is 0 Å². The monoisotopic (exact) mass is 307 g/mol. The van der Waals surface area contributed by atoms with Crippen molar-refractivity contribution < 1.29 is 4.39 Å². The molecule has 114 valence electrons. The summed E-state index contributed by atoms with van der Waals surface area (Å²) in [7, 11) is 0. The molecular formula is C16H22FN3S. The van der Waals surface area contributed by atoms with Crippen molar-refractivity contribution in [2.75, 3.05) is 11.9 Å². The summed E-state index contributed by atoms with van der Waals surface area (Å²) < 4.78 is 14.4. The van der Waals surface area contributed by atoms with Gasteiger partial charge in [-0.25, -0.2) is 9.37 Å². The molecule has 0 amide bonds. The van der Waals surface area contributed by atoms with E-state index in [0.717, 1.165) is 6.42 Å². The van der Waals surface area contributed by atoms with Gasteiger partial charge in [0.2, 0.25) is 0 Å². The van der Waals surface area contributed by atoms with E-state index in [-0.39, 0.29) is 11.4 Å². The van der Waals surface area contributed by atoms with Crippen LogP contribution >= 0.6 is 11.3 Å². The van der Waals surface area contributed by atoms with E-state index in [2.05, 4.69) is 47.8 Å². The van der Waals surface area contributed by atoms with Gasteiger partial charge in [-0.15, -0.1) is 0 Å². The highest BCUT2D eigenvalue weighted by atomic mass is 32.1. The second-order valence-electron chi connectivity index (χ2n) is 6.04. The van der Waals surface area contributed by atoms with Gasteiger partial charge in [0, 0.05) is 30.4 Å². The van der Waals surface area contributed by atoms with Gasteiger partial charge in [0.15, 0.2) is 11.6 Å². The molecule has 0 aliphatic carbocycles. The van der Waals surface area contributed by atoms with E-state index < -0.39 is 0 Å². The Bertz CT molecular complexity index is 561. The van der Waals surface area contributed by atoms with E-state index in [9.17, 15) is 4.39 Å². The van der Waals surface area contributed by atoms with Crippen molar-refractivity contribution in [3.8, 4) is 0 Å². The molecule has 0 bridgehead atoms. The van der Waals surface area contributed by atoms with E-state index in [4.69, 9.17) is 0 Å². The quantitative estimate of drug-likeness (QED) is 0.852. The molecule has 5 heteroatoms. The zero-order chi connectivity index (χ0) is 15.3. The summed E-state index contributed by atoms with van der Waals surface area (Å²) in [6.07, 6.45) is 2.52. The fourth-order valence-electron chi connectivity index (χ4n) is 1.86. The van der Waals surface area contributed by atoms with Crippen LogP contribution in [0, 0.1) is 5.82 Å². The average Bonchev–Trinajstić information content (AvgIpc) is 2.91. The Balaban J connectivity index is 1.93. The maximum atomic E-state index is 14.4. The van der Waals surface area contributed by atoms with E-state index >= 15 is 0 Å². The molecule has 0 saturated heterocycles. The van der Waals surface area contributed by atoms with Crippen molar-refractivity contribution in [3.63, 3.8) is 0 Å². The lowest BCUT2D eigenvalue weighted by Crippen LogP contribution is -2.35. The molecule has 0 unspecified atom stereocenters. The molecule has 0 aliphatic rings. The van der Waals surface area contributed by atoms with Crippen LogP contribution in [0.15, 0.2) is 29.1 Å². The van der Waals surface area contributed by atoms with Crippen LogP contribution in [0.4, 0.5) is 10.2 Å². The molecule has 0 spiro atoms. The molecule has 0 aromatic carbocycles. The van der Waals surface area contributed by atoms with Gasteiger partial charge < -0.3 is 10.6 Å². The predicted molar refractivity (Wildman–Crippen MR) is 87.3 cm³/mol. The average molecular weight is 307 g/mol. The summed E-state index contributed by atoms with van der Waals surface area (Å²) in [6, 6.07) is 3.80. The minimum atomic E-state index is -0.264. The van der Waals surface area contributed by atoms with Crippen LogP contribution in [0.3, 0.4) is 0 Å². The summed E-state index contributed by atoms with van der Waals surface area (Å²) in [6.45, 7) is 7.36. The van der Waals surface area contributed by atoms with E-state index in [1.165, 1.54) is 5.56 Å². The van der Waals surface area contributed by atoms with Crippen LogP contribution in [0.2, 0.25) is 0 Å². The van der Waals surface area contributed by atoms with Crippen molar-refractivity contribution in [2.45, 2.75) is 39.3 Å². The van der Waals surface area contributed by atoms with E-state index in [0.29, 0.717) is 24.5 Å². The highest BCUT2D eigenvalue weighted by Crippen LogP contribution is 2.16. The molecule has 3 nitrogen and oxygen atoms in total. The second kappa shape index (κ2) is 7.00. The Kier molecular flexibility index (Phi) is 5.31. The minimum Gasteiger partial charge on any atom is -0.367 e. The molecule has 2 rings (SSSR count). The summed E-state index contributed by atoms with van der Waals surface area (Å²) >= 11 is 1.67. The van der Waals surface area contributed by atoms with Crippen molar-refractivity contribution >= 4 is 17.2 Å². The number of nitrogens with one attached hydrogen (secondary N) is 2. The van der Waals surface area contributed by atoms with Crippen LogP contribution < -0.4 is 10.6 Å². The highest BCUT2D eigenvalue weighted by molar-refractivity contribution is 7.07. The van der Waals surface area contributed by atoms with Crippen LogP contribution in [0.5, 0.6) is 0 Å². The predicted octanol–water partition coefficient (Wildman–Crippen LogP) is 3.82.